The van der Waals surface area contributed by atoms with Crippen LogP contribution in [0.3, 0.4) is 0 Å². The van der Waals surface area contributed by atoms with Crippen molar-refractivity contribution in [1.82, 2.24) is 4.31 Å². The smallest absolute Gasteiger partial charge is 0.239 e. The Kier molecular flexibility index (Phi) is 5.34. The van der Waals surface area contributed by atoms with E-state index in [0.717, 1.165) is 10.6 Å². The molecule has 1 N–H and O–H groups in total. The summed E-state index contributed by atoms with van der Waals surface area (Å²) >= 11 is 0. The Bertz CT molecular complexity index is 586. The van der Waals surface area contributed by atoms with Gasteiger partial charge in [0.1, 0.15) is 11.5 Å². The minimum atomic E-state index is -3.40. The van der Waals surface area contributed by atoms with Gasteiger partial charge in [-0.05, 0) is 12.1 Å². The molecule has 0 heterocycles. The highest BCUT2D eigenvalue weighted by Crippen LogP contribution is 2.28. The third kappa shape index (κ3) is 4.39. The molecule has 0 radical (unpaired) electrons. The van der Waals surface area contributed by atoms with E-state index in [1.54, 1.807) is 18.2 Å². The zero-order valence-electron chi connectivity index (χ0n) is 11.8. The Morgan fingerprint density at radius 2 is 1.95 bits per heavy atom. The van der Waals surface area contributed by atoms with E-state index in [0.29, 0.717) is 17.2 Å². The molecule has 7 nitrogen and oxygen atoms in total. The van der Waals surface area contributed by atoms with Crippen molar-refractivity contribution in [2.24, 2.45) is 0 Å². The summed E-state index contributed by atoms with van der Waals surface area (Å²) in [5.41, 5.74) is 0.416. The first-order valence-corrected chi connectivity index (χ1v) is 7.56. The van der Waals surface area contributed by atoms with Gasteiger partial charge in [-0.2, -0.15) is 4.31 Å². The van der Waals surface area contributed by atoms with Crippen LogP contribution in [-0.4, -0.2) is 52.7 Å². The summed E-state index contributed by atoms with van der Waals surface area (Å²) in [5.74, 6) is 0.545. The lowest BCUT2D eigenvalue weighted by molar-refractivity contribution is -0.116. The lowest BCUT2D eigenvalue weighted by atomic mass is 10.2. The predicted octanol–water partition coefficient (Wildman–Crippen LogP) is 0.534. The van der Waals surface area contributed by atoms with Gasteiger partial charge in [0.05, 0.1) is 32.7 Å². The number of ether oxygens (including phenoxy) is 2. The average Bonchev–Trinajstić information content (AvgIpc) is 2.37. The molecule has 1 rings (SSSR count). The number of likely N-dealkylation sites (N-methyl/N-ethyl adjacent to an activating group) is 1. The fraction of sp³-hybridized carbons (Fsp3) is 0.417. The van der Waals surface area contributed by atoms with Crippen LogP contribution in [0.5, 0.6) is 11.5 Å². The zero-order valence-corrected chi connectivity index (χ0v) is 12.7. The highest BCUT2D eigenvalue weighted by Gasteiger charge is 2.16. The Balaban J connectivity index is 2.84. The van der Waals surface area contributed by atoms with Gasteiger partial charge in [0.2, 0.25) is 15.9 Å². The van der Waals surface area contributed by atoms with Crippen LogP contribution in [0.15, 0.2) is 18.2 Å². The minimum absolute atomic E-state index is 0.279. The highest BCUT2D eigenvalue weighted by molar-refractivity contribution is 7.88. The van der Waals surface area contributed by atoms with Gasteiger partial charge in [-0.25, -0.2) is 8.42 Å². The van der Waals surface area contributed by atoms with Gasteiger partial charge in [0.25, 0.3) is 0 Å². The van der Waals surface area contributed by atoms with E-state index in [1.807, 2.05) is 0 Å². The summed E-state index contributed by atoms with van der Waals surface area (Å²) in [6.07, 6.45) is 1.03. The molecule has 1 amide bonds. The maximum absolute atomic E-state index is 11.8. The molecule has 20 heavy (non-hydrogen) atoms. The average molecular weight is 302 g/mol. The molecule has 0 aliphatic carbocycles. The third-order valence-corrected chi connectivity index (χ3v) is 3.87. The third-order valence-electron chi connectivity index (χ3n) is 2.61. The Morgan fingerprint density at radius 1 is 1.30 bits per heavy atom. The number of benzene rings is 1. The van der Waals surface area contributed by atoms with E-state index < -0.39 is 15.9 Å². The number of carbonyl (C=O) groups is 1. The summed E-state index contributed by atoms with van der Waals surface area (Å²) in [4.78, 5) is 11.8. The number of nitrogens with zero attached hydrogens (tertiary/aromatic N) is 1. The number of amides is 1. The summed E-state index contributed by atoms with van der Waals surface area (Å²) in [6.45, 7) is -0.279. The van der Waals surface area contributed by atoms with E-state index in [9.17, 15) is 13.2 Å². The second-order valence-corrected chi connectivity index (χ2v) is 6.22. The Hall–Kier alpha value is -1.80. The normalized spacial score (nSPS) is 11.2. The van der Waals surface area contributed by atoms with Crippen LogP contribution in [0.1, 0.15) is 0 Å². The first-order chi connectivity index (χ1) is 9.27. The van der Waals surface area contributed by atoms with Gasteiger partial charge in [-0.1, -0.05) is 0 Å². The summed E-state index contributed by atoms with van der Waals surface area (Å²) in [5, 5.41) is 2.59. The monoisotopic (exact) mass is 302 g/mol. The number of hydrogen-bond acceptors (Lipinski definition) is 5. The van der Waals surface area contributed by atoms with Crippen molar-refractivity contribution in [2.45, 2.75) is 0 Å². The lowest BCUT2D eigenvalue weighted by Crippen LogP contribution is -2.34. The van der Waals surface area contributed by atoms with Crippen molar-refractivity contribution in [1.29, 1.82) is 0 Å². The van der Waals surface area contributed by atoms with Crippen molar-refractivity contribution in [3.05, 3.63) is 18.2 Å². The first-order valence-electron chi connectivity index (χ1n) is 5.71. The molecule has 112 valence electrons. The molecule has 0 aliphatic heterocycles. The van der Waals surface area contributed by atoms with Crippen molar-refractivity contribution < 1.29 is 22.7 Å². The van der Waals surface area contributed by atoms with Crippen LogP contribution in [-0.2, 0) is 14.8 Å². The maximum atomic E-state index is 11.8. The zero-order chi connectivity index (χ0) is 15.3. The van der Waals surface area contributed by atoms with E-state index >= 15 is 0 Å². The second kappa shape index (κ2) is 6.58. The second-order valence-electron chi connectivity index (χ2n) is 4.13. The molecular weight excluding hydrogens is 284 g/mol. The van der Waals surface area contributed by atoms with Crippen LogP contribution < -0.4 is 14.8 Å². The highest BCUT2D eigenvalue weighted by atomic mass is 32.2. The molecule has 0 aliphatic rings. The van der Waals surface area contributed by atoms with E-state index in [2.05, 4.69) is 5.32 Å². The van der Waals surface area contributed by atoms with E-state index in [4.69, 9.17) is 9.47 Å². The number of carbonyl (C=O) groups excluding carboxylic acids is 1. The standard InChI is InChI=1S/C12H18N2O5S/c1-14(20(4,16)17)8-12(15)13-10-7-9(18-2)5-6-11(10)19-3/h5-7H,8H2,1-4H3,(H,13,15). The van der Waals surface area contributed by atoms with E-state index in [1.165, 1.54) is 21.3 Å². The maximum Gasteiger partial charge on any atom is 0.239 e. The number of hydrogen-bond donors (Lipinski definition) is 1. The molecule has 0 fully saturated rings. The molecule has 0 saturated carbocycles. The number of rotatable bonds is 6. The molecule has 1 aromatic carbocycles. The van der Waals surface area contributed by atoms with Crippen molar-refractivity contribution in [2.75, 3.05) is 39.4 Å². The summed E-state index contributed by atoms with van der Waals surface area (Å²) < 4.78 is 33.6. The van der Waals surface area contributed by atoms with Crippen LogP contribution in [0.4, 0.5) is 5.69 Å². The molecule has 0 saturated heterocycles. The lowest BCUT2D eigenvalue weighted by Gasteiger charge is -2.15. The Morgan fingerprint density at radius 3 is 2.45 bits per heavy atom. The number of methoxy groups -OCH3 is 2. The quantitative estimate of drug-likeness (QED) is 0.828. The fourth-order valence-corrected chi connectivity index (χ4v) is 1.77. The molecule has 0 atom stereocenters. The number of sulfonamides is 1. The van der Waals surface area contributed by atoms with Gasteiger partial charge in [-0.3, -0.25) is 4.79 Å². The Labute approximate surface area is 118 Å². The van der Waals surface area contributed by atoms with Gasteiger partial charge >= 0.3 is 0 Å². The van der Waals surface area contributed by atoms with Gasteiger partial charge in [0.15, 0.2) is 0 Å². The molecule has 0 aromatic heterocycles. The molecular formula is C12H18N2O5S. The largest absolute Gasteiger partial charge is 0.497 e. The van der Waals surface area contributed by atoms with Crippen molar-refractivity contribution in [3.8, 4) is 11.5 Å². The molecule has 8 heteroatoms. The minimum Gasteiger partial charge on any atom is -0.497 e. The van der Waals surface area contributed by atoms with Crippen LogP contribution in [0, 0.1) is 0 Å². The molecule has 0 bridgehead atoms. The first kappa shape index (κ1) is 16.3. The number of nitrogens with one attached hydrogen (secondary N) is 1. The fourth-order valence-electron chi connectivity index (χ4n) is 1.42. The number of anilines is 1. The molecule has 0 spiro atoms. The van der Waals surface area contributed by atoms with Crippen LogP contribution >= 0.6 is 0 Å². The van der Waals surface area contributed by atoms with Crippen molar-refractivity contribution in [3.63, 3.8) is 0 Å². The SMILES string of the molecule is COc1ccc(OC)c(NC(=O)CN(C)S(C)(=O)=O)c1. The van der Waals surface area contributed by atoms with Crippen LogP contribution in [0.2, 0.25) is 0 Å². The van der Waals surface area contributed by atoms with Gasteiger partial charge < -0.3 is 14.8 Å². The predicted molar refractivity (Wildman–Crippen MR) is 75.6 cm³/mol. The molecule has 1 aromatic rings. The summed E-state index contributed by atoms with van der Waals surface area (Å²) in [7, 11) is 0.906. The summed E-state index contributed by atoms with van der Waals surface area (Å²) in [6, 6.07) is 4.93. The van der Waals surface area contributed by atoms with Gasteiger partial charge in [0, 0.05) is 13.1 Å². The molecule has 0 unspecified atom stereocenters. The van der Waals surface area contributed by atoms with Crippen molar-refractivity contribution >= 4 is 21.6 Å². The van der Waals surface area contributed by atoms with E-state index in [-0.39, 0.29) is 6.54 Å². The topological polar surface area (TPSA) is 84.9 Å². The van der Waals surface area contributed by atoms with Crippen LogP contribution in [0.25, 0.3) is 0 Å². The van der Waals surface area contributed by atoms with Gasteiger partial charge in [-0.15, -0.1) is 0 Å².